The first kappa shape index (κ1) is 11.6. The van der Waals surface area contributed by atoms with E-state index in [2.05, 4.69) is 25.3 Å². The van der Waals surface area contributed by atoms with Gasteiger partial charge in [0.25, 0.3) is 0 Å². The van der Waals surface area contributed by atoms with Gasteiger partial charge in [0.05, 0.1) is 0 Å². The first-order chi connectivity index (χ1) is 5.24. The lowest BCUT2D eigenvalue weighted by Crippen LogP contribution is -2.25. The summed E-state index contributed by atoms with van der Waals surface area (Å²) in [6.45, 7) is 0.711. The molecule has 0 aromatic carbocycles. The number of hydrogen-bond donors (Lipinski definition) is 4. The van der Waals surface area contributed by atoms with Crippen molar-refractivity contribution in [2.45, 2.75) is 18.9 Å². The lowest BCUT2D eigenvalue weighted by molar-refractivity contribution is 0.499. The van der Waals surface area contributed by atoms with Gasteiger partial charge >= 0.3 is 0 Å². The molecule has 4 N–H and O–H groups in total. The molecule has 0 aliphatic rings. The second-order valence-corrected chi connectivity index (χ2v) is 3.53. The van der Waals surface area contributed by atoms with Crippen LogP contribution < -0.4 is 11.5 Å². The second kappa shape index (κ2) is 7.28. The highest BCUT2D eigenvalue weighted by Crippen LogP contribution is 2.08. The van der Waals surface area contributed by atoms with Crippen molar-refractivity contribution in [1.82, 2.24) is 0 Å². The maximum atomic E-state index is 5.69. The van der Waals surface area contributed by atoms with Crippen LogP contribution in [0.5, 0.6) is 0 Å². The van der Waals surface area contributed by atoms with Crippen molar-refractivity contribution in [3.8, 4) is 0 Å². The van der Waals surface area contributed by atoms with E-state index in [1.807, 2.05) is 0 Å². The Morgan fingerprint density at radius 1 is 1.09 bits per heavy atom. The average molecular weight is 194 g/mol. The van der Waals surface area contributed by atoms with Crippen molar-refractivity contribution in [3.05, 3.63) is 0 Å². The summed E-state index contributed by atoms with van der Waals surface area (Å²) in [6, 6.07) is 0.215. The average Bonchev–Trinajstić information content (AvgIpc) is 2.06. The van der Waals surface area contributed by atoms with Gasteiger partial charge in [-0.3, -0.25) is 0 Å². The van der Waals surface area contributed by atoms with Crippen LogP contribution in [0.4, 0.5) is 0 Å². The molecule has 0 heterocycles. The highest BCUT2D eigenvalue weighted by molar-refractivity contribution is 7.80. The molecule has 2 nitrogen and oxygen atoms in total. The number of rotatable bonds is 6. The number of thiol groups is 2. The molecule has 4 heteroatoms. The van der Waals surface area contributed by atoms with Crippen LogP contribution in [0.15, 0.2) is 0 Å². The lowest BCUT2D eigenvalue weighted by Gasteiger charge is -2.13. The number of nitrogens with two attached hydrogens (primary N) is 2. The van der Waals surface area contributed by atoms with Gasteiger partial charge in [-0.25, -0.2) is 0 Å². The van der Waals surface area contributed by atoms with E-state index < -0.39 is 0 Å². The molecule has 2 atom stereocenters. The summed E-state index contributed by atoms with van der Waals surface area (Å²) in [4.78, 5) is 0. The Balaban J connectivity index is 3.34. The maximum absolute atomic E-state index is 5.69. The van der Waals surface area contributed by atoms with Crippen molar-refractivity contribution in [1.29, 1.82) is 0 Å². The van der Waals surface area contributed by atoms with Crippen LogP contribution in [0.1, 0.15) is 12.8 Å². The van der Waals surface area contributed by atoms with Crippen LogP contribution in [0.2, 0.25) is 0 Å². The largest absolute Gasteiger partial charge is 0.330 e. The molecule has 0 bridgehead atoms. The third-order valence-corrected chi connectivity index (χ3v) is 2.76. The summed E-state index contributed by atoms with van der Waals surface area (Å²) in [6.07, 6.45) is 2.08. The van der Waals surface area contributed by atoms with Crippen molar-refractivity contribution in [3.63, 3.8) is 0 Å². The summed E-state index contributed by atoms with van der Waals surface area (Å²) in [5.74, 6) is 2.13. The minimum Gasteiger partial charge on any atom is -0.330 e. The quantitative estimate of drug-likeness (QED) is 0.466. The van der Waals surface area contributed by atoms with Crippen LogP contribution in [0, 0.1) is 5.92 Å². The van der Waals surface area contributed by atoms with E-state index in [-0.39, 0.29) is 6.04 Å². The molecule has 0 unspecified atom stereocenters. The minimum absolute atomic E-state index is 0.215. The Bertz CT molecular complexity index is 86.5. The molecule has 0 aliphatic carbocycles. The summed E-state index contributed by atoms with van der Waals surface area (Å²) in [5.41, 5.74) is 11.2. The van der Waals surface area contributed by atoms with E-state index in [0.29, 0.717) is 12.5 Å². The molecule has 0 amide bonds. The van der Waals surface area contributed by atoms with Gasteiger partial charge in [-0.1, -0.05) is 0 Å². The van der Waals surface area contributed by atoms with Gasteiger partial charge in [-0.15, -0.1) is 0 Å². The molecule has 11 heavy (non-hydrogen) atoms. The molecule has 0 saturated carbocycles. The van der Waals surface area contributed by atoms with Gasteiger partial charge in [0.1, 0.15) is 0 Å². The van der Waals surface area contributed by atoms with Crippen LogP contribution in [-0.4, -0.2) is 24.1 Å². The number of hydrogen-bond acceptors (Lipinski definition) is 4. The standard InChI is InChI=1S/C7H18N2S2/c8-3-6(4-10)1-2-7(9)5-11/h6-7,10-11H,1-5,8-9H2/t6-,7+/m0/s1. The zero-order chi connectivity index (χ0) is 8.69. The minimum atomic E-state index is 0.215. The maximum Gasteiger partial charge on any atom is 0.0128 e. The Morgan fingerprint density at radius 2 is 1.73 bits per heavy atom. The highest BCUT2D eigenvalue weighted by Gasteiger charge is 2.06. The zero-order valence-electron chi connectivity index (χ0n) is 6.74. The van der Waals surface area contributed by atoms with E-state index in [1.165, 1.54) is 0 Å². The summed E-state index contributed by atoms with van der Waals surface area (Å²) in [5, 5.41) is 0. The van der Waals surface area contributed by atoms with E-state index >= 15 is 0 Å². The third kappa shape index (κ3) is 5.84. The molecule has 0 aromatic rings. The predicted molar refractivity (Wildman–Crippen MR) is 57.5 cm³/mol. The summed E-state index contributed by atoms with van der Waals surface area (Å²) in [7, 11) is 0. The Hall–Kier alpha value is 0.620. The molecular weight excluding hydrogens is 176 g/mol. The summed E-state index contributed by atoms with van der Waals surface area (Å²) < 4.78 is 0. The Kier molecular flexibility index (Phi) is 7.69. The van der Waals surface area contributed by atoms with E-state index in [4.69, 9.17) is 11.5 Å². The first-order valence-corrected chi connectivity index (χ1v) is 5.18. The zero-order valence-corrected chi connectivity index (χ0v) is 8.53. The van der Waals surface area contributed by atoms with Gasteiger partial charge in [0.2, 0.25) is 0 Å². The Morgan fingerprint density at radius 3 is 2.09 bits per heavy atom. The lowest BCUT2D eigenvalue weighted by atomic mass is 10.0. The molecule has 0 rings (SSSR count). The monoisotopic (exact) mass is 194 g/mol. The molecule has 0 aliphatic heterocycles. The fraction of sp³-hybridized carbons (Fsp3) is 1.00. The van der Waals surface area contributed by atoms with Crippen molar-refractivity contribution in [2.75, 3.05) is 18.1 Å². The van der Waals surface area contributed by atoms with Gasteiger partial charge in [-0.05, 0) is 31.1 Å². The second-order valence-electron chi connectivity index (χ2n) is 2.80. The predicted octanol–water partition coefficient (Wildman–Crippen LogP) is 0.528. The fourth-order valence-electron chi connectivity index (χ4n) is 0.825. The van der Waals surface area contributed by atoms with Gasteiger partial charge < -0.3 is 11.5 Å². The topological polar surface area (TPSA) is 52.0 Å². The molecule has 0 spiro atoms. The van der Waals surface area contributed by atoms with Crippen LogP contribution in [0.3, 0.4) is 0 Å². The third-order valence-electron chi connectivity index (χ3n) is 1.77. The van der Waals surface area contributed by atoms with E-state index in [1.54, 1.807) is 0 Å². The van der Waals surface area contributed by atoms with Crippen LogP contribution in [-0.2, 0) is 0 Å². The van der Waals surface area contributed by atoms with Gasteiger partial charge in [0.15, 0.2) is 0 Å². The van der Waals surface area contributed by atoms with Gasteiger partial charge in [-0.2, -0.15) is 25.3 Å². The molecule has 0 aromatic heterocycles. The smallest absolute Gasteiger partial charge is 0.0128 e. The molecule has 68 valence electrons. The van der Waals surface area contributed by atoms with Crippen molar-refractivity contribution in [2.24, 2.45) is 17.4 Å². The normalized spacial score (nSPS) is 16.4. The van der Waals surface area contributed by atoms with Gasteiger partial charge in [0, 0.05) is 11.8 Å². The molecule has 0 saturated heterocycles. The SMILES string of the molecule is NC[C@@H](CS)CC[C@@H](N)CS. The highest BCUT2D eigenvalue weighted by atomic mass is 32.1. The molecule has 0 radical (unpaired) electrons. The van der Waals surface area contributed by atoms with E-state index in [9.17, 15) is 0 Å². The Labute approximate surface area is 79.9 Å². The summed E-state index contributed by atoms with van der Waals surface area (Å²) >= 11 is 8.29. The van der Waals surface area contributed by atoms with Crippen molar-refractivity contribution < 1.29 is 0 Å². The van der Waals surface area contributed by atoms with Crippen LogP contribution in [0.25, 0.3) is 0 Å². The van der Waals surface area contributed by atoms with Crippen LogP contribution >= 0.6 is 25.3 Å². The van der Waals surface area contributed by atoms with Crippen molar-refractivity contribution >= 4 is 25.3 Å². The fourth-order valence-corrected chi connectivity index (χ4v) is 1.34. The first-order valence-electron chi connectivity index (χ1n) is 3.92. The van der Waals surface area contributed by atoms with E-state index in [0.717, 1.165) is 24.3 Å². The molecule has 0 fully saturated rings. The molecular formula is C7H18N2S2.